The molecular formula is C19H19N3O3S. The van der Waals surface area contributed by atoms with Crippen LogP contribution in [0.1, 0.15) is 19.8 Å². The van der Waals surface area contributed by atoms with Gasteiger partial charge in [-0.2, -0.15) is 0 Å². The number of aromatic nitrogens is 1. The van der Waals surface area contributed by atoms with E-state index < -0.39 is 4.92 Å². The molecule has 0 aliphatic heterocycles. The highest BCUT2D eigenvalue weighted by Crippen LogP contribution is 2.28. The Morgan fingerprint density at radius 3 is 2.54 bits per heavy atom. The van der Waals surface area contributed by atoms with Gasteiger partial charge in [-0.05, 0) is 42.8 Å². The summed E-state index contributed by atoms with van der Waals surface area (Å²) in [5.41, 5.74) is 2.63. The van der Waals surface area contributed by atoms with Gasteiger partial charge in [-0.25, -0.2) is 4.98 Å². The van der Waals surface area contributed by atoms with Crippen LogP contribution >= 0.6 is 11.3 Å². The fourth-order valence-electron chi connectivity index (χ4n) is 2.31. The molecule has 6 nitrogen and oxygen atoms in total. The number of hydrogen-bond acceptors (Lipinski definition) is 6. The van der Waals surface area contributed by atoms with Crippen molar-refractivity contribution in [1.29, 1.82) is 0 Å². The Morgan fingerprint density at radius 1 is 1.15 bits per heavy atom. The minimum atomic E-state index is -0.409. The molecule has 0 fully saturated rings. The minimum Gasteiger partial charge on any atom is -0.494 e. The molecule has 0 saturated heterocycles. The molecule has 0 atom stereocenters. The quantitative estimate of drug-likeness (QED) is 0.316. The van der Waals surface area contributed by atoms with Crippen LogP contribution in [0.5, 0.6) is 5.75 Å². The molecule has 1 aromatic heterocycles. The molecule has 7 heteroatoms. The van der Waals surface area contributed by atoms with Crippen LogP contribution in [0.2, 0.25) is 0 Å². The Kier molecular flexibility index (Phi) is 5.80. The summed E-state index contributed by atoms with van der Waals surface area (Å²) in [5, 5.41) is 16.7. The number of nitro benzene ring substituents is 1. The summed E-state index contributed by atoms with van der Waals surface area (Å²) in [6, 6.07) is 14.2. The Bertz CT molecular complexity index is 860. The van der Waals surface area contributed by atoms with Gasteiger partial charge in [0.05, 0.1) is 17.2 Å². The number of ether oxygens (including phenoxy) is 1. The normalized spacial score (nSPS) is 10.5. The Morgan fingerprint density at radius 2 is 1.88 bits per heavy atom. The lowest BCUT2D eigenvalue weighted by Gasteiger charge is -2.07. The lowest BCUT2D eigenvalue weighted by Crippen LogP contribution is -1.96. The van der Waals surface area contributed by atoms with Gasteiger partial charge in [0.15, 0.2) is 5.13 Å². The summed E-state index contributed by atoms with van der Waals surface area (Å²) in [6.07, 6.45) is 2.16. The van der Waals surface area contributed by atoms with Crippen LogP contribution in [0.3, 0.4) is 0 Å². The lowest BCUT2D eigenvalue weighted by atomic mass is 10.1. The van der Waals surface area contributed by atoms with Crippen molar-refractivity contribution in [2.24, 2.45) is 0 Å². The molecule has 3 aromatic rings. The average Bonchev–Trinajstić information content (AvgIpc) is 3.12. The van der Waals surface area contributed by atoms with Crippen LogP contribution in [0.4, 0.5) is 16.5 Å². The molecule has 134 valence electrons. The predicted molar refractivity (Wildman–Crippen MR) is 104 cm³/mol. The number of rotatable bonds is 8. The SMILES string of the molecule is CCCCOc1ccc(Nc2nc(-c3ccc([N+](=O)[O-])cc3)cs2)cc1. The number of nitrogens with zero attached hydrogens (tertiary/aromatic N) is 2. The van der Waals surface area contributed by atoms with Gasteiger partial charge >= 0.3 is 0 Å². The Labute approximate surface area is 155 Å². The summed E-state index contributed by atoms with van der Waals surface area (Å²) in [4.78, 5) is 14.9. The van der Waals surface area contributed by atoms with Crippen LogP contribution in [0.25, 0.3) is 11.3 Å². The third-order valence-corrected chi connectivity index (χ3v) is 4.51. The standard InChI is InChI=1S/C19H19N3O3S/c1-2-3-12-25-17-10-6-15(7-11-17)20-19-21-18(13-26-19)14-4-8-16(9-5-14)22(23)24/h4-11,13H,2-3,12H2,1H3,(H,20,21). The second-order valence-corrected chi connectivity index (χ2v) is 6.55. The van der Waals surface area contributed by atoms with Gasteiger partial charge in [0.1, 0.15) is 5.75 Å². The van der Waals surface area contributed by atoms with Gasteiger partial charge in [0.2, 0.25) is 0 Å². The monoisotopic (exact) mass is 369 g/mol. The largest absolute Gasteiger partial charge is 0.494 e. The number of benzene rings is 2. The van der Waals surface area contributed by atoms with Crippen LogP contribution in [-0.4, -0.2) is 16.5 Å². The molecule has 1 heterocycles. The van der Waals surface area contributed by atoms with Crippen LogP contribution in [0.15, 0.2) is 53.9 Å². The molecule has 3 rings (SSSR count). The van der Waals surface area contributed by atoms with E-state index in [0.29, 0.717) is 0 Å². The van der Waals surface area contributed by atoms with Crippen molar-refractivity contribution in [3.63, 3.8) is 0 Å². The maximum absolute atomic E-state index is 10.7. The van der Waals surface area contributed by atoms with Crippen molar-refractivity contribution in [3.8, 4) is 17.0 Å². The molecule has 1 N–H and O–H groups in total. The fourth-order valence-corrected chi connectivity index (χ4v) is 3.05. The summed E-state index contributed by atoms with van der Waals surface area (Å²) >= 11 is 1.48. The van der Waals surface area contributed by atoms with Gasteiger partial charge in [-0.3, -0.25) is 10.1 Å². The first-order chi connectivity index (χ1) is 12.7. The third kappa shape index (κ3) is 4.58. The zero-order valence-electron chi connectivity index (χ0n) is 14.3. The smallest absolute Gasteiger partial charge is 0.269 e. The summed E-state index contributed by atoms with van der Waals surface area (Å²) in [5.74, 6) is 0.856. The van der Waals surface area contributed by atoms with Gasteiger partial charge in [0.25, 0.3) is 5.69 Å². The van der Waals surface area contributed by atoms with Crippen molar-refractivity contribution in [2.75, 3.05) is 11.9 Å². The molecule has 0 aliphatic rings. The number of non-ortho nitro benzene ring substituents is 1. The van der Waals surface area contributed by atoms with E-state index in [0.717, 1.165) is 47.3 Å². The van der Waals surface area contributed by atoms with E-state index in [4.69, 9.17) is 4.74 Å². The Hall–Kier alpha value is -2.93. The highest BCUT2D eigenvalue weighted by molar-refractivity contribution is 7.14. The molecular weight excluding hydrogens is 350 g/mol. The van der Waals surface area contributed by atoms with Crippen molar-refractivity contribution >= 4 is 27.8 Å². The number of thiazole rings is 1. The van der Waals surface area contributed by atoms with Crippen molar-refractivity contribution in [1.82, 2.24) is 4.98 Å². The zero-order chi connectivity index (χ0) is 18.4. The van der Waals surface area contributed by atoms with Crippen LogP contribution in [-0.2, 0) is 0 Å². The van der Waals surface area contributed by atoms with Crippen molar-refractivity contribution < 1.29 is 9.66 Å². The highest BCUT2D eigenvalue weighted by Gasteiger charge is 2.08. The topological polar surface area (TPSA) is 77.3 Å². The van der Waals surface area contributed by atoms with Gasteiger partial charge in [0, 0.05) is 28.8 Å². The minimum absolute atomic E-state index is 0.0728. The Balaban J connectivity index is 1.63. The van der Waals surface area contributed by atoms with E-state index in [-0.39, 0.29) is 5.69 Å². The maximum Gasteiger partial charge on any atom is 0.269 e. The van der Waals surface area contributed by atoms with E-state index in [1.807, 2.05) is 29.6 Å². The summed E-state index contributed by atoms with van der Waals surface area (Å²) < 4.78 is 5.65. The number of hydrogen-bond donors (Lipinski definition) is 1. The molecule has 0 saturated carbocycles. The first-order valence-corrected chi connectivity index (χ1v) is 9.24. The second-order valence-electron chi connectivity index (χ2n) is 5.69. The molecule has 0 unspecified atom stereocenters. The number of anilines is 2. The molecule has 2 aromatic carbocycles. The molecule has 0 spiro atoms. The van der Waals surface area contributed by atoms with Gasteiger partial charge in [-0.15, -0.1) is 11.3 Å². The molecule has 0 bridgehead atoms. The first-order valence-electron chi connectivity index (χ1n) is 8.36. The lowest BCUT2D eigenvalue weighted by molar-refractivity contribution is -0.384. The molecule has 0 amide bonds. The zero-order valence-corrected chi connectivity index (χ0v) is 15.2. The van der Waals surface area contributed by atoms with Crippen LogP contribution < -0.4 is 10.1 Å². The van der Waals surface area contributed by atoms with Crippen molar-refractivity contribution in [2.45, 2.75) is 19.8 Å². The summed E-state index contributed by atoms with van der Waals surface area (Å²) in [6.45, 7) is 2.86. The van der Waals surface area contributed by atoms with E-state index in [9.17, 15) is 10.1 Å². The number of unbranched alkanes of at least 4 members (excludes halogenated alkanes) is 1. The van der Waals surface area contributed by atoms with E-state index >= 15 is 0 Å². The van der Waals surface area contributed by atoms with Gasteiger partial charge < -0.3 is 10.1 Å². The fraction of sp³-hybridized carbons (Fsp3) is 0.211. The van der Waals surface area contributed by atoms with E-state index in [1.165, 1.54) is 23.5 Å². The molecule has 26 heavy (non-hydrogen) atoms. The second kappa shape index (κ2) is 8.44. The highest BCUT2D eigenvalue weighted by atomic mass is 32.1. The predicted octanol–water partition coefficient (Wildman–Crippen LogP) is 5.64. The maximum atomic E-state index is 10.7. The average molecular weight is 369 g/mol. The number of nitrogens with one attached hydrogen (secondary N) is 1. The summed E-state index contributed by atoms with van der Waals surface area (Å²) in [7, 11) is 0. The molecule has 0 aliphatic carbocycles. The van der Waals surface area contributed by atoms with Crippen molar-refractivity contribution in [3.05, 3.63) is 64.0 Å². The number of nitro groups is 1. The van der Waals surface area contributed by atoms with Crippen LogP contribution in [0, 0.1) is 10.1 Å². The van der Waals surface area contributed by atoms with E-state index in [1.54, 1.807) is 12.1 Å². The van der Waals surface area contributed by atoms with Gasteiger partial charge in [-0.1, -0.05) is 13.3 Å². The molecule has 0 radical (unpaired) electrons. The van der Waals surface area contributed by atoms with E-state index in [2.05, 4.69) is 17.2 Å². The first kappa shape index (κ1) is 17.9. The third-order valence-electron chi connectivity index (χ3n) is 3.75.